The summed E-state index contributed by atoms with van der Waals surface area (Å²) in [4.78, 5) is 40.4. The number of benzene rings is 2. The lowest BCUT2D eigenvalue weighted by molar-refractivity contribution is -0.137. The predicted octanol–water partition coefficient (Wildman–Crippen LogP) is 4.36. The number of barbiturate groups is 1. The van der Waals surface area contributed by atoms with Gasteiger partial charge in [-0.2, -0.15) is 13.2 Å². The summed E-state index contributed by atoms with van der Waals surface area (Å²) in [6.45, 7) is 1.66. The molecule has 4 amide bonds. The molecule has 0 aromatic heterocycles. The fourth-order valence-electron chi connectivity index (χ4n) is 3.94. The van der Waals surface area contributed by atoms with E-state index in [0.717, 1.165) is 49.3 Å². The molecule has 33 heavy (non-hydrogen) atoms. The van der Waals surface area contributed by atoms with Gasteiger partial charge in [-0.05, 0) is 60.4 Å². The van der Waals surface area contributed by atoms with Crippen LogP contribution in [0.1, 0.15) is 23.1 Å². The van der Waals surface area contributed by atoms with E-state index in [1.807, 2.05) is 17.4 Å². The van der Waals surface area contributed by atoms with Crippen molar-refractivity contribution >= 4 is 46.9 Å². The maximum atomic E-state index is 13.1. The first-order valence-electron chi connectivity index (χ1n) is 10.2. The zero-order chi connectivity index (χ0) is 23.8. The van der Waals surface area contributed by atoms with Crippen LogP contribution in [0.25, 0.3) is 6.08 Å². The SMILES string of the molecule is O=C1NC(=O)N(c2cccc(C(F)(F)F)c2)C(=O)/C1=C/c1ccc2c(c1)CCN2CCCCl. The molecule has 1 fully saturated rings. The fourth-order valence-corrected chi connectivity index (χ4v) is 4.06. The number of carbonyl (C=O) groups is 3. The van der Waals surface area contributed by atoms with E-state index in [-0.39, 0.29) is 11.3 Å². The van der Waals surface area contributed by atoms with E-state index in [1.165, 1.54) is 12.1 Å². The first-order chi connectivity index (χ1) is 15.7. The molecule has 0 aliphatic carbocycles. The molecule has 0 radical (unpaired) electrons. The molecular formula is C23H19ClF3N3O3. The summed E-state index contributed by atoms with van der Waals surface area (Å²) >= 11 is 5.78. The van der Waals surface area contributed by atoms with Crippen molar-refractivity contribution in [1.29, 1.82) is 0 Å². The fraction of sp³-hybridized carbons (Fsp3) is 0.261. The Labute approximate surface area is 192 Å². The van der Waals surface area contributed by atoms with E-state index in [9.17, 15) is 27.6 Å². The van der Waals surface area contributed by atoms with E-state index >= 15 is 0 Å². The van der Waals surface area contributed by atoms with E-state index in [1.54, 1.807) is 6.07 Å². The second kappa shape index (κ2) is 8.90. The third-order valence-corrected chi connectivity index (χ3v) is 5.77. The molecule has 1 N–H and O–H groups in total. The van der Waals surface area contributed by atoms with Crippen LogP contribution in [0, 0.1) is 0 Å². The third kappa shape index (κ3) is 4.59. The van der Waals surface area contributed by atoms with Crippen LogP contribution in [0.15, 0.2) is 48.0 Å². The van der Waals surface area contributed by atoms with Gasteiger partial charge in [0, 0.05) is 24.7 Å². The maximum absolute atomic E-state index is 13.1. The summed E-state index contributed by atoms with van der Waals surface area (Å²) in [7, 11) is 0. The molecule has 2 aromatic rings. The lowest BCUT2D eigenvalue weighted by Gasteiger charge is -2.27. The Balaban J connectivity index is 1.64. The van der Waals surface area contributed by atoms with Crippen LogP contribution in [0.4, 0.5) is 29.3 Å². The molecule has 0 unspecified atom stereocenters. The van der Waals surface area contributed by atoms with Crippen molar-refractivity contribution in [3.63, 3.8) is 0 Å². The Bertz CT molecular complexity index is 1160. The molecule has 2 heterocycles. The Morgan fingerprint density at radius 2 is 1.88 bits per heavy atom. The second-order valence-corrected chi connectivity index (χ2v) is 8.05. The molecule has 6 nitrogen and oxygen atoms in total. The molecule has 2 aromatic carbocycles. The van der Waals surface area contributed by atoms with Gasteiger partial charge in [-0.25, -0.2) is 9.69 Å². The number of nitrogens with zero attached hydrogens (tertiary/aromatic N) is 2. The van der Waals surface area contributed by atoms with E-state index < -0.39 is 29.6 Å². The number of imide groups is 2. The molecule has 0 saturated carbocycles. The summed E-state index contributed by atoms with van der Waals surface area (Å²) < 4.78 is 39.2. The van der Waals surface area contributed by atoms with Crippen LogP contribution in [0.5, 0.6) is 0 Å². The van der Waals surface area contributed by atoms with Gasteiger partial charge in [0.2, 0.25) is 0 Å². The van der Waals surface area contributed by atoms with Crippen molar-refractivity contribution in [3.05, 3.63) is 64.7 Å². The van der Waals surface area contributed by atoms with Crippen LogP contribution in [-0.2, 0) is 22.2 Å². The highest BCUT2D eigenvalue weighted by Crippen LogP contribution is 2.33. The molecule has 0 spiro atoms. The minimum Gasteiger partial charge on any atom is -0.371 e. The first-order valence-corrected chi connectivity index (χ1v) is 10.7. The van der Waals surface area contributed by atoms with Gasteiger partial charge >= 0.3 is 12.2 Å². The highest BCUT2D eigenvalue weighted by Gasteiger charge is 2.38. The molecule has 0 bridgehead atoms. The lowest BCUT2D eigenvalue weighted by atomic mass is 10.0. The standard InChI is InChI=1S/C23H19ClF3N3O3/c24-8-2-9-29-10-7-15-11-14(5-6-19(15)29)12-18-20(31)28-22(33)30(21(18)32)17-4-1-3-16(13-17)23(25,26)27/h1,3-6,11-13H,2,7-10H2,(H,28,31,33)/b18-12+. The summed E-state index contributed by atoms with van der Waals surface area (Å²) in [6.07, 6.45) is -1.67. The van der Waals surface area contributed by atoms with Crippen LogP contribution < -0.4 is 15.1 Å². The van der Waals surface area contributed by atoms with Crippen molar-refractivity contribution in [1.82, 2.24) is 5.32 Å². The third-order valence-electron chi connectivity index (χ3n) is 5.50. The molecule has 1 saturated heterocycles. The van der Waals surface area contributed by atoms with Gasteiger partial charge in [-0.1, -0.05) is 12.1 Å². The largest absolute Gasteiger partial charge is 0.416 e. The second-order valence-electron chi connectivity index (χ2n) is 7.67. The van der Waals surface area contributed by atoms with Crippen LogP contribution in [0.2, 0.25) is 0 Å². The average Bonchev–Trinajstić information content (AvgIpc) is 3.17. The summed E-state index contributed by atoms with van der Waals surface area (Å²) in [6, 6.07) is 8.20. The van der Waals surface area contributed by atoms with Crippen molar-refractivity contribution < 1.29 is 27.6 Å². The normalized spacial score (nSPS) is 17.6. The Kier molecular flexibility index (Phi) is 6.16. The highest BCUT2D eigenvalue weighted by molar-refractivity contribution is 6.39. The molecule has 172 valence electrons. The van der Waals surface area contributed by atoms with Crippen LogP contribution in [0.3, 0.4) is 0 Å². The van der Waals surface area contributed by atoms with E-state index in [2.05, 4.69) is 4.90 Å². The number of urea groups is 1. The lowest BCUT2D eigenvalue weighted by Crippen LogP contribution is -2.54. The summed E-state index contributed by atoms with van der Waals surface area (Å²) in [5.41, 5.74) is 1.04. The number of amides is 4. The van der Waals surface area contributed by atoms with Gasteiger partial charge in [0.25, 0.3) is 11.8 Å². The number of rotatable bonds is 5. The van der Waals surface area contributed by atoms with Crippen molar-refractivity contribution in [2.24, 2.45) is 0 Å². The number of halogens is 4. The smallest absolute Gasteiger partial charge is 0.371 e. The monoisotopic (exact) mass is 477 g/mol. The first kappa shape index (κ1) is 22.8. The van der Waals surface area contributed by atoms with Crippen molar-refractivity contribution in [2.75, 3.05) is 28.8 Å². The van der Waals surface area contributed by atoms with Gasteiger partial charge in [0.05, 0.1) is 11.3 Å². The zero-order valence-corrected chi connectivity index (χ0v) is 18.0. The van der Waals surface area contributed by atoms with Crippen molar-refractivity contribution in [2.45, 2.75) is 19.0 Å². The summed E-state index contributed by atoms with van der Waals surface area (Å²) in [5.74, 6) is -1.33. The number of fused-ring (bicyclic) bond motifs is 1. The van der Waals surface area contributed by atoms with Gasteiger partial charge in [-0.3, -0.25) is 14.9 Å². The molecule has 2 aliphatic rings. The van der Waals surface area contributed by atoms with Gasteiger partial charge in [0.1, 0.15) is 5.57 Å². The molecular weight excluding hydrogens is 459 g/mol. The quantitative estimate of drug-likeness (QED) is 0.394. The Morgan fingerprint density at radius 1 is 1.09 bits per heavy atom. The highest BCUT2D eigenvalue weighted by atomic mass is 35.5. The van der Waals surface area contributed by atoms with Crippen LogP contribution >= 0.6 is 11.6 Å². The number of hydrogen-bond acceptors (Lipinski definition) is 4. The number of carbonyl (C=O) groups excluding carboxylic acids is 3. The Hall–Kier alpha value is -3.33. The average molecular weight is 478 g/mol. The minimum absolute atomic E-state index is 0.283. The van der Waals surface area contributed by atoms with Gasteiger partial charge in [-0.15, -0.1) is 11.6 Å². The zero-order valence-electron chi connectivity index (χ0n) is 17.3. The number of alkyl halides is 4. The molecule has 10 heteroatoms. The number of nitrogens with one attached hydrogen (secondary N) is 1. The molecule has 0 atom stereocenters. The molecule has 4 rings (SSSR count). The summed E-state index contributed by atoms with van der Waals surface area (Å²) in [5, 5.41) is 2.03. The van der Waals surface area contributed by atoms with Gasteiger partial charge in [0.15, 0.2) is 0 Å². The van der Waals surface area contributed by atoms with Crippen LogP contribution in [-0.4, -0.2) is 36.8 Å². The topological polar surface area (TPSA) is 69.7 Å². The van der Waals surface area contributed by atoms with Gasteiger partial charge < -0.3 is 4.90 Å². The maximum Gasteiger partial charge on any atom is 0.416 e. The Morgan fingerprint density at radius 3 is 2.61 bits per heavy atom. The number of hydrogen-bond donors (Lipinski definition) is 1. The van der Waals surface area contributed by atoms with E-state index in [4.69, 9.17) is 11.6 Å². The minimum atomic E-state index is -4.65. The van der Waals surface area contributed by atoms with Crippen molar-refractivity contribution in [3.8, 4) is 0 Å². The molecule has 2 aliphatic heterocycles. The van der Waals surface area contributed by atoms with E-state index in [0.29, 0.717) is 22.4 Å². The number of anilines is 2. The predicted molar refractivity (Wildman–Crippen MR) is 118 cm³/mol.